The Kier molecular flexibility index (Phi) is 2.23. The summed E-state index contributed by atoms with van der Waals surface area (Å²) in [6.45, 7) is 9.05. The Bertz CT molecular complexity index is 748. The molecule has 0 radical (unpaired) electrons. The van der Waals surface area contributed by atoms with Gasteiger partial charge in [-0.25, -0.2) is 4.85 Å². The van der Waals surface area contributed by atoms with Gasteiger partial charge in [0.25, 0.3) is 0 Å². The number of nitrogens with zero attached hydrogens (tertiary/aromatic N) is 2. The third-order valence-corrected chi connectivity index (χ3v) is 4.57. The van der Waals surface area contributed by atoms with Gasteiger partial charge < -0.3 is 4.74 Å². The Morgan fingerprint density at radius 2 is 2.05 bits per heavy atom. The van der Waals surface area contributed by atoms with Gasteiger partial charge in [-0.05, 0) is 13.0 Å². The molecule has 0 aliphatic carbocycles. The summed E-state index contributed by atoms with van der Waals surface area (Å²) in [6.07, 6.45) is 3.40. The Hall–Kier alpha value is -2.45. The highest BCUT2D eigenvalue weighted by Gasteiger charge is 2.66. The van der Waals surface area contributed by atoms with Gasteiger partial charge in [0.15, 0.2) is 0 Å². The highest BCUT2D eigenvalue weighted by atomic mass is 16.5. The van der Waals surface area contributed by atoms with E-state index in [0.717, 1.165) is 0 Å². The van der Waals surface area contributed by atoms with Crippen LogP contribution in [0, 0.1) is 18.4 Å². The summed E-state index contributed by atoms with van der Waals surface area (Å²) in [7, 11) is 0. The average molecular weight is 280 g/mol. The number of carbonyl (C=O) groups is 2. The molecule has 3 heterocycles. The molecule has 4 rings (SSSR count). The summed E-state index contributed by atoms with van der Waals surface area (Å²) in [4.78, 5) is 30.0. The summed E-state index contributed by atoms with van der Waals surface area (Å²) in [5.41, 5.74) is -0.0189. The summed E-state index contributed by atoms with van der Waals surface area (Å²) in [6, 6.07) is 6.70. The van der Waals surface area contributed by atoms with Crippen molar-refractivity contribution in [2.75, 3.05) is 4.90 Å². The van der Waals surface area contributed by atoms with Gasteiger partial charge in [-0.1, -0.05) is 30.4 Å². The Labute approximate surface area is 121 Å². The van der Waals surface area contributed by atoms with E-state index < -0.39 is 17.4 Å². The van der Waals surface area contributed by atoms with Gasteiger partial charge in [-0.3, -0.25) is 14.5 Å². The number of amides is 2. The number of para-hydroxylation sites is 2. The minimum atomic E-state index is -0.704. The van der Waals surface area contributed by atoms with Crippen LogP contribution in [-0.4, -0.2) is 23.5 Å². The van der Waals surface area contributed by atoms with Gasteiger partial charge in [0.2, 0.25) is 17.5 Å². The summed E-state index contributed by atoms with van der Waals surface area (Å²) in [5.74, 6) is -1.49. The van der Waals surface area contributed by atoms with Crippen molar-refractivity contribution in [3.8, 4) is 0 Å². The number of rotatable bonds is 1. The van der Waals surface area contributed by atoms with Crippen LogP contribution in [0.15, 0.2) is 36.4 Å². The second kappa shape index (κ2) is 3.80. The molecule has 4 unspecified atom stereocenters. The minimum absolute atomic E-state index is 0.265. The van der Waals surface area contributed by atoms with Gasteiger partial charge in [-0.15, -0.1) is 0 Å². The topological polar surface area (TPSA) is 51.0 Å². The van der Waals surface area contributed by atoms with Crippen LogP contribution in [0.4, 0.5) is 11.4 Å². The van der Waals surface area contributed by atoms with Crippen LogP contribution in [0.2, 0.25) is 0 Å². The third-order valence-electron chi connectivity index (χ3n) is 4.57. The maximum Gasteiger partial charge on any atom is 0.239 e. The fourth-order valence-corrected chi connectivity index (χ4v) is 3.64. The molecule has 3 aliphatic heterocycles. The Morgan fingerprint density at radius 1 is 1.29 bits per heavy atom. The second-order valence-electron chi connectivity index (χ2n) is 5.74. The molecule has 1 aromatic rings. The molecule has 4 atom stereocenters. The monoisotopic (exact) mass is 280 g/mol. The van der Waals surface area contributed by atoms with E-state index >= 15 is 0 Å². The first-order valence-corrected chi connectivity index (χ1v) is 6.78. The molecule has 0 saturated carbocycles. The average Bonchev–Trinajstić information content (AvgIpc) is 3.08. The standard InChI is InChI=1S/C16H12N2O3/c1-16-8-7-11(21-16)12-13(16)15(20)18(14(12)19)10-6-4-3-5-9(10)17-2/h3-8,11-13H,1H3. The molecule has 0 spiro atoms. The van der Waals surface area contributed by atoms with Crippen molar-refractivity contribution in [3.05, 3.63) is 47.8 Å². The van der Waals surface area contributed by atoms with Crippen LogP contribution in [0.5, 0.6) is 0 Å². The first-order valence-electron chi connectivity index (χ1n) is 6.78. The number of ether oxygens (including phenoxy) is 1. The van der Waals surface area contributed by atoms with Gasteiger partial charge in [-0.2, -0.15) is 0 Å². The minimum Gasteiger partial charge on any atom is -0.362 e. The highest BCUT2D eigenvalue weighted by molar-refractivity contribution is 6.24. The molecule has 5 heteroatoms. The normalized spacial score (nSPS) is 36.2. The zero-order valence-corrected chi connectivity index (χ0v) is 11.3. The van der Waals surface area contributed by atoms with Crippen molar-refractivity contribution in [1.29, 1.82) is 0 Å². The van der Waals surface area contributed by atoms with Crippen molar-refractivity contribution in [2.24, 2.45) is 11.8 Å². The largest absolute Gasteiger partial charge is 0.362 e. The SMILES string of the molecule is [C-]#[N+]c1ccccc1N1C(=O)C2C3C=CC(C)(O3)C2C1=O. The van der Waals surface area contributed by atoms with Gasteiger partial charge in [0.05, 0.1) is 35.8 Å². The lowest BCUT2D eigenvalue weighted by atomic mass is 9.78. The first-order chi connectivity index (χ1) is 10.1. The van der Waals surface area contributed by atoms with E-state index in [1.807, 2.05) is 19.1 Å². The van der Waals surface area contributed by atoms with Crippen LogP contribution < -0.4 is 4.90 Å². The molecule has 5 nitrogen and oxygen atoms in total. The quantitative estimate of drug-likeness (QED) is 0.449. The first kappa shape index (κ1) is 12.3. The van der Waals surface area contributed by atoms with Gasteiger partial charge in [0.1, 0.15) is 0 Å². The van der Waals surface area contributed by atoms with Crippen LogP contribution in [-0.2, 0) is 14.3 Å². The van der Waals surface area contributed by atoms with Crippen molar-refractivity contribution in [2.45, 2.75) is 18.6 Å². The molecule has 2 amide bonds. The maximum absolute atomic E-state index is 12.7. The fourth-order valence-electron chi connectivity index (χ4n) is 3.64. The van der Waals surface area contributed by atoms with Crippen LogP contribution in [0.25, 0.3) is 4.85 Å². The van der Waals surface area contributed by atoms with E-state index in [-0.39, 0.29) is 17.9 Å². The third kappa shape index (κ3) is 1.38. The number of hydrogen-bond acceptors (Lipinski definition) is 3. The zero-order chi connectivity index (χ0) is 14.8. The fraction of sp³-hybridized carbons (Fsp3) is 0.312. The van der Waals surface area contributed by atoms with Gasteiger partial charge in [0, 0.05) is 0 Å². The molecular weight excluding hydrogens is 268 g/mol. The number of fused-ring (bicyclic) bond motifs is 5. The van der Waals surface area contributed by atoms with E-state index in [0.29, 0.717) is 11.4 Å². The summed E-state index contributed by atoms with van der Waals surface area (Å²) < 4.78 is 5.77. The lowest BCUT2D eigenvalue weighted by Crippen LogP contribution is -2.38. The molecule has 104 valence electrons. The number of imide groups is 1. The molecular formula is C16H12N2O3. The number of hydrogen-bond donors (Lipinski definition) is 0. The number of benzene rings is 1. The van der Waals surface area contributed by atoms with E-state index in [2.05, 4.69) is 4.85 Å². The molecule has 3 aliphatic rings. The van der Waals surface area contributed by atoms with Crippen molar-refractivity contribution in [3.63, 3.8) is 0 Å². The highest BCUT2D eigenvalue weighted by Crippen LogP contribution is 2.52. The van der Waals surface area contributed by atoms with Crippen LogP contribution in [0.3, 0.4) is 0 Å². The van der Waals surface area contributed by atoms with Gasteiger partial charge >= 0.3 is 0 Å². The zero-order valence-electron chi connectivity index (χ0n) is 11.3. The van der Waals surface area contributed by atoms with Crippen molar-refractivity contribution in [1.82, 2.24) is 0 Å². The smallest absolute Gasteiger partial charge is 0.239 e. The van der Waals surface area contributed by atoms with Crippen molar-refractivity contribution >= 4 is 23.2 Å². The Balaban J connectivity index is 1.83. The van der Waals surface area contributed by atoms with E-state index in [9.17, 15) is 9.59 Å². The predicted octanol–water partition coefficient (Wildman–Crippen LogP) is 2.07. The molecule has 21 heavy (non-hydrogen) atoms. The molecule has 2 saturated heterocycles. The Morgan fingerprint density at radius 3 is 2.76 bits per heavy atom. The summed E-state index contributed by atoms with van der Waals surface area (Å²) in [5, 5.41) is 0. The molecule has 0 N–H and O–H groups in total. The number of carbonyl (C=O) groups excluding carboxylic acids is 2. The molecule has 2 bridgehead atoms. The molecule has 2 fully saturated rings. The predicted molar refractivity (Wildman–Crippen MR) is 74.6 cm³/mol. The number of anilines is 1. The van der Waals surface area contributed by atoms with Crippen LogP contribution >= 0.6 is 0 Å². The van der Waals surface area contributed by atoms with E-state index in [1.54, 1.807) is 24.3 Å². The van der Waals surface area contributed by atoms with Crippen LogP contribution in [0.1, 0.15) is 6.92 Å². The lowest BCUT2D eigenvalue weighted by Gasteiger charge is -2.24. The second-order valence-corrected chi connectivity index (χ2v) is 5.74. The summed E-state index contributed by atoms with van der Waals surface area (Å²) >= 11 is 0. The maximum atomic E-state index is 12.7. The van der Waals surface area contributed by atoms with E-state index in [4.69, 9.17) is 11.3 Å². The molecule has 0 aromatic heterocycles. The van der Waals surface area contributed by atoms with Crippen molar-refractivity contribution < 1.29 is 14.3 Å². The van der Waals surface area contributed by atoms with E-state index in [1.165, 1.54) is 4.90 Å². The lowest BCUT2D eigenvalue weighted by molar-refractivity contribution is -0.126. The molecule has 1 aromatic carbocycles.